The van der Waals surface area contributed by atoms with Gasteiger partial charge in [0.05, 0.1) is 6.54 Å². The summed E-state index contributed by atoms with van der Waals surface area (Å²) in [5.41, 5.74) is 2.85. The smallest absolute Gasteiger partial charge is 0.251 e. The molecule has 0 unspecified atom stereocenters. The lowest BCUT2D eigenvalue weighted by Gasteiger charge is -2.11. The van der Waals surface area contributed by atoms with Crippen LogP contribution in [0.25, 0.3) is 0 Å². The van der Waals surface area contributed by atoms with Crippen molar-refractivity contribution in [3.05, 3.63) is 70.2 Å². The van der Waals surface area contributed by atoms with Crippen LogP contribution in [0, 0.1) is 0 Å². The summed E-state index contributed by atoms with van der Waals surface area (Å²) in [5, 5.41) is 9.94. The van der Waals surface area contributed by atoms with Gasteiger partial charge in [-0.25, -0.2) is 4.99 Å². The van der Waals surface area contributed by atoms with E-state index in [1.54, 1.807) is 13.1 Å². The zero-order valence-electron chi connectivity index (χ0n) is 15.6. The highest BCUT2D eigenvalue weighted by Crippen LogP contribution is 2.09. The van der Waals surface area contributed by atoms with E-state index in [1.807, 2.05) is 49.4 Å². The zero-order valence-corrected chi connectivity index (χ0v) is 18.7. The molecule has 0 atom stereocenters. The molecule has 0 saturated carbocycles. The molecule has 5 nitrogen and oxygen atoms in total. The first-order valence-corrected chi connectivity index (χ1v) is 9.07. The van der Waals surface area contributed by atoms with Crippen LogP contribution >= 0.6 is 35.6 Å². The zero-order chi connectivity index (χ0) is 18.8. The molecule has 3 N–H and O–H groups in total. The van der Waals surface area contributed by atoms with Gasteiger partial charge in [-0.3, -0.25) is 4.79 Å². The molecule has 0 aliphatic rings. The number of hydrogen-bond acceptors (Lipinski definition) is 2. The summed E-state index contributed by atoms with van der Waals surface area (Å²) < 4.78 is 0. The number of aliphatic imine (C=N–C) groups is 1. The number of amides is 1. The molecule has 2 rings (SSSR count). The van der Waals surface area contributed by atoms with Crippen molar-refractivity contribution in [2.24, 2.45) is 4.99 Å². The molecule has 1 amide bonds. The summed E-state index contributed by atoms with van der Waals surface area (Å²) >= 11 is 5.91. The van der Waals surface area contributed by atoms with E-state index in [9.17, 15) is 4.79 Å². The molecule has 0 radical (unpaired) electrons. The van der Waals surface area contributed by atoms with Gasteiger partial charge in [0.15, 0.2) is 5.96 Å². The number of hydrogen-bond donors (Lipinski definition) is 3. The molecule has 0 spiro atoms. The fourth-order valence-corrected chi connectivity index (χ4v) is 2.57. The molecule has 7 heteroatoms. The maximum Gasteiger partial charge on any atom is 0.251 e. The third kappa shape index (κ3) is 8.17. The van der Waals surface area contributed by atoms with Gasteiger partial charge in [-0.15, -0.1) is 24.0 Å². The average Bonchev–Trinajstić information content (AvgIpc) is 2.67. The third-order valence-corrected chi connectivity index (χ3v) is 4.05. The number of nitrogens with one attached hydrogen (secondary N) is 3. The second-order valence-electron chi connectivity index (χ2n) is 5.78. The van der Waals surface area contributed by atoms with Gasteiger partial charge in [0, 0.05) is 30.7 Å². The Morgan fingerprint density at radius 3 is 2.48 bits per heavy atom. The third-order valence-electron chi connectivity index (χ3n) is 3.80. The number of halogens is 2. The summed E-state index contributed by atoms with van der Waals surface area (Å²) in [6.07, 6.45) is 0.883. The van der Waals surface area contributed by atoms with E-state index in [0.717, 1.165) is 36.1 Å². The van der Waals surface area contributed by atoms with Crippen molar-refractivity contribution >= 4 is 47.4 Å². The molecule has 2 aromatic rings. The van der Waals surface area contributed by atoms with Gasteiger partial charge in [0.1, 0.15) is 0 Å². The van der Waals surface area contributed by atoms with Crippen LogP contribution in [0.4, 0.5) is 0 Å². The second-order valence-corrected chi connectivity index (χ2v) is 6.21. The lowest BCUT2D eigenvalue weighted by molar-refractivity contribution is 0.0963. The van der Waals surface area contributed by atoms with Crippen LogP contribution in [0.5, 0.6) is 0 Å². The van der Waals surface area contributed by atoms with E-state index in [-0.39, 0.29) is 29.9 Å². The van der Waals surface area contributed by atoms with Gasteiger partial charge in [0.25, 0.3) is 5.91 Å². The highest BCUT2D eigenvalue weighted by molar-refractivity contribution is 14.0. The number of guanidine groups is 1. The molecule has 0 heterocycles. The van der Waals surface area contributed by atoms with Crippen LogP contribution in [0.1, 0.15) is 28.4 Å². The van der Waals surface area contributed by atoms with Crippen LogP contribution in [0.15, 0.2) is 53.5 Å². The Bertz CT molecular complexity index is 750. The van der Waals surface area contributed by atoms with E-state index in [2.05, 4.69) is 20.9 Å². The molecule has 146 valence electrons. The first-order valence-electron chi connectivity index (χ1n) is 8.70. The fourth-order valence-electron chi connectivity index (χ4n) is 2.44. The largest absolute Gasteiger partial charge is 0.357 e. The van der Waals surface area contributed by atoms with E-state index in [4.69, 9.17) is 11.6 Å². The molecule has 0 bridgehead atoms. The van der Waals surface area contributed by atoms with Gasteiger partial charge >= 0.3 is 0 Å². The minimum Gasteiger partial charge on any atom is -0.357 e. The summed E-state index contributed by atoms with van der Waals surface area (Å²) in [6.45, 7) is 4.08. The molecule has 0 aromatic heterocycles. The Labute approximate surface area is 183 Å². The Morgan fingerprint density at radius 2 is 1.81 bits per heavy atom. The van der Waals surface area contributed by atoms with Crippen LogP contribution in [0.3, 0.4) is 0 Å². The van der Waals surface area contributed by atoms with E-state index in [0.29, 0.717) is 12.1 Å². The average molecular weight is 501 g/mol. The van der Waals surface area contributed by atoms with E-state index >= 15 is 0 Å². The van der Waals surface area contributed by atoms with Crippen molar-refractivity contribution in [3.8, 4) is 0 Å². The van der Waals surface area contributed by atoms with Crippen molar-refractivity contribution in [1.82, 2.24) is 16.0 Å². The molecule has 27 heavy (non-hydrogen) atoms. The first-order chi connectivity index (χ1) is 12.6. The molecule has 0 fully saturated rings. The van der Waals surface area contributed by atoms with Gasteiger partial charge in [-0.05, 0) is 48.7 Å². The van der Waals surface area contributed by atoms with Gasteiger partial charge in [-0.2, -0.15) is 0 Å². The Balaban J connectivity index is 0.00000364. The van der Waals surface area contributed by atoms with Crippen molar-refractivity contribution in [2.45, 2.75) is 19.9 Å². The molecular formula is C20H26ClIN4O. The van der Waals surface area contributed by atoms with Crippen molar-refractivity contribution in [3.63, 3.8) is 0 Å². The highest BCUT2D eigenvalue weighted by Gasteiger charge is 2.04. The second kappa shape index (κ2) is 12.6. The predicted molar refractivity (Wildman–Crippen MR) is 123 cm³/mol. The quantitative estimate of drug-likeness (QED) is 0.309. The van der Waals surface area contributed by atoms with Crippen LogP contribution < -0.4 is 16.0 Å². The SMILES string of the molecule is CCNC(=NCc1cccc(C(=O)NC)c1)NCCc1ccc(Cl)cc1.I. The number of rotatable bonds is 7. The summed E-state index contributed by atoms with van der Waals surface area (Å²) in [6, 6.07) is 15.3. The molecule has 0 aliphatic heterocycles. The minimum absolute atomic E-state index is 0. The van der Waals surface area contributed by atoms with Crippen LogP contribution in [0.2, 0.25) is 5.02 Å². The monoisotopic (exact) mass is 500 g/mol. The predicted octanol–water partition coefficient (Wildman–Crippen LogP) is 3.62. The molecule has 2 aromatic carbocycles. The molecule has 0 saturated heterocycles. The fraction of sp³-hybridized carbons (Fsp3) is 0.300. The lowest BCUT2D eigenvalue weighted by Crippen LogP contribution is -2.38. The van der Waals surface area contributed by atoms with Crippen LogP contribution in [-0.2, 0) is 13.0 Å². The summed E-state index contributed by atoms with van der Waals surface area (Å²) in [4.78, 5) is 16.3. The minimum atomic E-state index is -0.0937. The number of benzene rings is 2. The van der Waals surface area contributed by atoms with Crippen molar-refractivity contribution in [1.29, 1.82) is 0 Å². The number of carbonyl (C=O) groups excluding carboxylic acids is 1. The van der Waals surface area contributed by atoms with E-state index in [1.165, 1.54) is 5.56 Å². The highest BCUT2D eigenvalue weighted by atomic mass is 127. The summed E-state index contributed by atoms with van der Waals surface area (Å²) in [7, 11) is 1.63. The maximum absolute atomic E-state index is 11.7. The molecule has 0 aliphatic carbocycles. The normalized spacial score (nSPS) is 10.7. The van der Waals surface area contributed by atoms with Gasteiger partial charge in [-0.1, -0.05) is 35.9 Å². The van der Waals surface area contributed by atoms with Crippen molar-refractivity contribution in [2.75, 3.05) is 20.1 Å². The van der Waals surface area contributed by atoms with Crippen molar-refractivity contribution < 1.29 is 4.79 Å². The lowest BCUT2D eigenvalue weighted by atomic mass is 10.1. The number of nitrogens with zero attached hydrogens (tertiary/aromatic N) is 1. The first kappa shape index (κ1) is 23.2. The topological polar surface area (TPSA) is 65.5 Å². The van der Waals surface area contributed by atoms with Crippen LogP contribution in [-0.4, -0.2) is 32.0 Å². The Morgan fingerprint density at radius 1 is 1.07 bits per heavy atom. The maximum atomic E-state index is 11.7. The van der Waals surface area contributed by atoms with Gasteiger partial charge in [0.2, 0.25) is 0 Å². The Hall–Kier alpha value is -1.80. The van der Waals surface area contributed by atoms with E-state index < -0.39 is 0 Å². The molecular weight excluding hydrogens is 475 g/mol. The summed E-state index contributed by atoms with van der Waals surface area (Å²) in [5.74, 6) is 0.663. The number of carbonyl (C=O) groups is 1. The standard InChI is InChI=1S/C20H25ClN4O.HI/c1-3-23-20(24-12-11-15-7-9-18(21)10-8-15)25-14-16-5-4-6-17(13-16)19(26)22-2;/h4-10,13H,3,11-12,14H2,1-2H3,(H,22,26)(H2,23,24,25);1H. The Kier molecular flexibility index (Phi) is 10.8. The van der Waals surface area contributed by atoms with Gasteiger partial charge < -0.3 is 16.0 Å².